The summed E-state index contributed by atoms with van der Waals surface area (Å²) in [6.07, 6.45) is 3.66. The molecule has 0 aliphatic heterocycles. The maximum absolute atomic E-state index is 11.8. The molecule has 0 aromatic heterocycles. The first-order chi connectivity index (χ1) is 10.1. The van der Waals surface area contributed by atoms with Crippen LogP contribution in [0.15, 0.2) is 24.3 Å². The lowest BCUT2D eigenvalue weighted by Crippen LogP contribution is -2.42. The smallest absolute Gasteiger partial charge is 0.236 e. The number of amides is 1. The summed E-state index contributed by atoms with van der Waals surface area (Å²) in [4.78, 5) is 11.8. The van der Waals surface area contributed by atoms with Gasteiger partial charge in [0, 0.05) is 6.54 Å². The van der Waals surface area contributed by atoms with Gasteiger partial charge in [-0.05, 0) is 48.5 Å². The fourth-order valence-electron chi connectivity index (χ4n) is 2.02. The topological polar surface area (TPSA) is 64.3 Å². The molecule has 1 amide bonds. The van der Waals surface area contributed by atoms with E-state index in [2.05, 4.69) is 24.4 Å². The summed E-state index contributed by atoms with van der Waals surface area (Å²) in [5.41, 5.74) is 7.07. The second-order valence-electron chi connectivity index (χ2n) is 5.29. The minimum absolute atomic E-state index is 0. The van der Waals surface area contributed by atoms with E-state index in [9.17, 15) is 4.79 Å². The fraction of sp³-hybridized carbons (Fsp3) is 0.562. The standard InChI is InChI=1S/C16H26N2O2S.ClH/c1-12(10-13-4-6-14(20-2)7-5-13)11-18-16(19)15(17)8-9-21-3;/h4-7,12,15H,8-11,17H2,1-3H3,(H,18,19);1H. The van der Waals surface area contributed by atoms with Crippen molar-refractivity contribution in [3.8, 4) is 5.75 Å². The minimum Gasteiger partial charge on any atom is -0.497 e. The largest absolute Gasteiger partial charge is 0.497 e. The first-order valence-corrected chi connectivity index (χ1v) is 8.61. The third-order valence-corrected chi connectivity index (χ3v) is 3.98. The summed E-state index contributed by atoms with van der Waals surface area (Å²) in [7, 11) is 1.66. The van der Waals surface area contributed by atoms with Crippen molar-refractivity contribution in [1.82, 2.24) is 5.32 Å². The lowest BCUT2D eigenvalue weighted by Gasteiger charge is -2.16. The second-order valence-corrected chi connectivity index (χ2v) is 6.28. The Balaban J connectivity index is 0.00000441. The summed E-state index contributed by atoms with van der Waals surface area (Å²) in [6, 6.07) is 7.63. The molecule has 0 bridgehead atoms. The van der Waals surface area contributed by atoms with Crippen LogP contribution in [-0.4, -0.2) is 37.6 Å². The van der Waals surface area contributed by atoms with Crippen LogP contribution in [0.4, 0.5) is 0 Å². The average Bonchev–Trinajstić information content (AvgIpc) is 2.50. The quantitative estimate of drug-likeness (QED) is 0.721. The summed E-state index contributed by atoms with van der Waals surface area (Å²) in [6.45, 7) is 2.77. The van der Waals surface area contributed by atoms with Crippen molar-refractivity contribution in [2.75, 3.05) is 25.7 Å². The molecule has 0 saturated carbocycles. The molecular weight excluding hydrogens is 320 g/mol. The Morgan fingerprint density at radius 3 is 2.55 bits per heavy atom. The van der Waals surface area contributed by atoms with Crippen molar-refractivity contribution in [2.24, 2.45) is 11.7 Å². The van der Waals surface area contributed by atoms with Gasteiger partial charge >= 0.3 is 0 Å². The van der Waals surface area contributed by atoms with E-state index in [0.29, 0.717) is 12.5 Å². The van der Waals surface area contributed by atoms with Crippen molar-refractivity contribution < 1.29 is 9.53 Å². The van der Waals surface area contributed by atoms with Gasteiger partial charge in [0.2, 0.25) is 5.91 Å². The van der Waals surface area contributed by atoms with E-state index in [1.165, 1.54) is 5.56 Å². The van der Waals surface area contributed by atoms with Gasteiger partial charge in [-0.15, -0.1) is 12.4 Å². The van der Waals surface area contributed by atoms with Gasteiger partial charge in [-0.1, -0.05) is 19.1 Å². The number of thioether (sulfide) groups is 1. The fourth-order valence-corrected chi connectivity index (χ4v) is 2.51. The highest BCUT2D eigenvalue weighted by Crippen LogP contribution is 2.14. The molecule has 0 aliphatic rings. The monoisotopic (exact) mass is 346 g/mol. The Morgan fingerprint density at radius 2 is 2.00 bits per heavy atom. The van der Waals surface area contributed by atoms with Gasteiger partial charge in [-0.2, -0.15) is 11.8 Å². The summed E-state index contributed by atoms with van der Waals surface area (Å²) < 4.78 is 5.14. The number of nitrogens with two attached hydrogens (primary N) is 1. The highest BCUT2D eigenvalue weighted by atomic mass is 35.5. The molecule has 0 radical (unpaired) electrons. The van der Waals surface area contributed by atoms with Crippen LogP contribution in [0.5, 0.6) is 5.75 Å². The van der Waals surface area contributed by atoms with Gasteiger partial charge in [0.05, 0.1) is 13.2 Å². The van der Waals surface area contributed by atoms with Crippen LogP contribution in [0.3, 0.4) is 0 Å². The number of ether oxygens (including phenoxy) is 1. The zero-order valence-corrected chi connectivity index (χ0v) is 15.1. The molecule has 126 valence electrons. The Hall–Kier alpha value is -0.910. The molecule has 6 heteroatoms. The number of carbonyl (C=O) groups excluding carboxylic acids is 1. The van der Waals surface area contributed by atoms with Gasteiger partial charge in [0.25, 0.3) is 0 Å². The number of nitrogens with one attached hydrogen (secondary N) is 1. The summed E-state index contributed by atoms with van der Waals surface area (Å²) in [5.74, 6) is 2.09. The maximum Gasteiger partial charge on any atom is 0.236 e. The van der Waals surface area contributed by atoms with E-state index >= 15 is 0 Å². The van der Waals surface area contributed by atoms with Crippen molar-refractivity contribution in [2.45, 2.75) is 25.8 Å². The second kappa shape index (κ2) is 11.6. The number of halogens is 1. The summed E-state index contributed by atoms with van der Waals surface area (Å²) >= 11 is 1.71. The van der Waals surface area contributed by atoms with Crippen LogP contribution < -0.4 is 15.8 Å². The van der Waals surface area contributed by atoms with Crippen LogP contribution in [0.1, 0.15) is 18.9 Å². The lowest BCUT2D eigenvalue weighted by molar-refractivity contribution is -0.122. The van der Waals surface area contributed by atoms with Crippen LogP contribution in [-0.2, 0) is 11.2 Å². The Kier molecular flexibility index (Phi) is 11.1. The van der Waals surface area contributed by atoms with E-state index in [0.717, 1.165) is 24.3 Å². The van der Waals surface area contributed by atoms with E-state index in [-0.39, 0.29) is 18.3 Å². The average molecular weight is 347 g/mol. The van der Waals surface area contributed by atoms with Gasteiger partial charge in [0.15, 0.2) is 0 Å². The molecule has 0 heterocycles. The van der Waals surface area contributed by atoms with Crippen molar-refractivity contribution in [3.05, 3.63) is 29.8 Å². The van der Waals surface area contributed by atoms with Gasteiger partial charge in [-0.25, -0.2) is 0 Å². The molecule has 0 fully saturated rings. The van der Waals surface area contributed by atoms with Gasteiger partial charge < -0.3 is 15.8 Å². The lowest BCUT2D eigenvalue weighted by atomic mass is 10.0. The van der Waals surface area contributed by atoms with E-state index < -0.39 is 6.04 Å². The number of hydrogen-bond acceptors (Lipinski definition) is 4. The molecule has 0 aliphatic carbocycles. The maximum atomic E-state index is 11.8. The first kappa shape index (κ1) is 21.1. The molecule has 1 rings (SSSR count). The minimum atomic E-state index is -0.398. The van der Waals surface area contributed by atoms with Crippen molar-refractivity contribution in [3.63, 3.8) is 0 Å². The molecule has 0 spiro atoms. The Labute approximate surface area is 144 Å². The van der Waals surface area contributed by atoms with E-state index in [1.54, 1.807) is 18.9 Å². The number of methoxy groups -OCH3 is 1. The Morgan fingerprint density at radius 1 is 1.36 bits per heavy atom. The number of rotatable bonds is 9. The molecular formula is C16H27ClN2O2S. The van der Waals surface area contributed by atoms with Gasteiger partial charge in [0.1, 0.15) is 5.75 Å². The Bertz CT molecular complexity index is 429. The number of carbonyl (C=O) groups is 1. The SMILES string of the molecule is COc1ccc(CC(C)CNC(=O)C(N)CCSC)cc1.Cl. The molecule has 1 aromatic rings. The molecule has 22 heavy (non-hydrogen) atoms. The van der Waals surface area contributed by atoms with Crippen molar-refractivity contribution in [1.29, 1.82) is 0 Å². The highest BCUT2D eigenvalue weighted by molar-refractivity contribution is 7.98. The molecule has 4 nitrogen and oxygen atoms in total. The van der Waals surface area contributed by atoms with E-state index in [4.69, 9.17) is 10.5 Å². The highest BCUT2D eigenvalue weighted by Gasteiger charge is 2.13. The first-order valence-electron chi connectivity index (χ1n) is 7.22. The molecule has 2 atom stereocenters. The van der Waals surface area contributed by atoms with Crippen LogP contribution in [0.2, 0.25) is 0 Å². The molecule has 1 aromatic carbocycles. The zero-order chi connectivity index (χ0) is 15.7. The molecule has 0 saturated heterocycles. The zero-order valence-electron chi connectivity index (χ0n) is 13.5. The van der Waals surface area contributed by atoms with Crippen LogP contribution >= 0.6 is 24.2 Å². The van der Waals surface area contributed by atoms with Crippen molar-refractivity contribution >= 4 is 30.1 Å². The third kappa shape index (κ3) is 7.92. The predicted molar refractivity (Wildman–Crippen MR) is 97.1 cm³/mol. The van der Waals surface area contributed by atoms with Crippen LogP contribution in [0.25, 0.3) is 0 Å². The third-order valence-electron chi connectivity index (χ3n) is 3.34. The molecule has 3 N–H and O–H groups in total. The van der Waals surface area contributed by atoms with E-state index in [1.807, 2.05) is 18.4 Å². The van der Waals surface area contributed by atoms with Gasteiger partial charge in [-0.3, -0.25) is 4.79 Å². The van der Waals surface area contributed by atoms with Crippen LogP contribution in [0, 0.1) is 5.92 Å². The number of benzene rings is 1. The predicted octanol–water partition coefficient (Wildman–Crippen LogP) is 2.49. The normalized spacial score (nSPS) is 12.9. The molecule has 2 unspecified atom stereocenters. The summed E-state index contributed by atoms with van der Waals surface area (Å²) in [5, 5.41) is 2.94. The number of hydrogen-bond donors (Lipinski definition) is 2.